The number of halogens is 1. The third-order valence-corrected chi connectivity index (χ3v) is 3.25. The van der Waals surface area contributed by atoms with Crippen LogP contribution in [0.25, 0.3) is 0 Å². The standard InChI is InChI=1S/C12H17ClN2O/c1-9-3-2-4-11(5-9)16-12-8-14-7-10(6-13)15-12/h7-9,11H,2-6H2,1H3. The predicted molar refractivity (Wildman–Crippen MR) is 63.6 cm³/mol. The molecule has 1 aromatic rings. The quantitative estimate of drug-likeness (QED) is 0.762. The molecule has 0 aliphatic heterocycles. The number of hydrogen-bond acceptors (Lipinski definition) is 3. The summed E-state index contributed by atoms with van der Waals surface area (Å²) in [4.78, 5) is 8.36. The summed E-state index contributed by atoms with van der Waals surface area (Å²) >= 11 is 5.71. The minimum absolute atomic E-state index is 0.295. The van der Waals surface area contributed by atoms with Crippen LogP contribution in [0.3, 0.4) is 0 Å². The highest BCUT2D eigenvalue weighted by Crippen LogP contribution is 2.26. The average molecular weight is 241 g/mol. The number of rotatable bonds is 3. The summed E-state index contributed by atoms with van der Waals surface area (Å²) in [5.41, 5.74) is 0.767. The van der Waals surface area contributed by atoms with E-state index in [1.165, 1.54) is 12.8 Å². The monoisotopic (exact) mass is 240 g/mol. The zero-order valence-electron chi connectivity index (χ0n) is 9.53. The Kier molecular flexibility index (Phi) is 3.99. The maximum atomic E-state index is 5.84. The molecular weight excluding hydrogens is 224 g/mol. The van der Waals surface area contributed by atoms with Crippen molar-refractivity contribution in [3.63, 3.8) is 0 Å². The molecule has 0 radical (unpaired) electrons. The average Bonchev–Trinajstić information content (AvgIpc) is 2.29. The molecule has 0 amide bonds. The summed E-state index contributed by atoms with van der Waals surface area (Å²) in [7, 11) is 0. The van der Waals surface area contributed by atoms with Gasteiger partial charge in [0.1, 0.15) is 6.10 Å². The molecule has 1 saturated carbocycles. The van der Waals surface area contributed by atoms with Crippen LogP contribution < -0.4 is 4.74 Å². The summed E-state index contributed by atoms with van der Waals surface area (Å²) in [5, 5.41) is 0. The van der Waals surface area contributed by atoms with Gasteiger partial charge in [0, 0.05) is 6.20 Å². The van der Waals surface area contributed by atoms with E-state index in [0.717, 1.165) is 24.5 Å². The van der Waals surface area contributed by atoms with E-state index in [9.17, 15) is 0 Å². The molecule has 88 valence electrons. The number of hydrogen-bond donors (Lipinski definition) is 0. The van der Waals surface area contributed by atoms with Gasteiger partial charge in [0.15, 0.2) is 0 Å². The highest BCUT2D eigenvalue weighted by atomic mass is 35.5. The Hall–Kier alpha value is -0.830. The largest absolute Gasteiger partial charge is 0.473 e. The molecule has 0 saturated heterocycles. The second-order valence-electron chi connectivity index (χ2n) is 4.49. The van der Waals surface area contributed by atoms with Crippen molar-refractivity contribution in [1.29, 1.82) is 0 Å². The molecule has 0 aromatic carbocycles. The Morgan fingerprint density at radius 3 is 3.06 bits per heavy atom. The normalized spacial score (nSPS) is 25.4. The van der Waals surface area contributed by atoms with E-state index in [2.05, 4.69) is 16.9 Å². The van der Waals surface area contributed by atoms with E-state index >= 15 is 0 Å². The van der Waals surface area contributed by atoms with E-state index < -0.39 is 0 Å². The van der Waals surface area contributed by atoms with Crippen LogP contribution in [-0.4, -0.2) is 16.1 Å². The molecule has 4 heteroatoms. The Balaban J connectivity index is 1.97. The lowest BCUT2D eigenvalue weighted by molar-refractivity contribution is 0.123. The summed E-state index contributed by atoms with van der Waals surface area (Å²) in [6, 6.07) is 0. The molecule has 1 heterocycles. The van der Waals surface area contributed by atoms with Crippen LogP contribution in [0.4, 0.5) is 0 Å². The Morgan fingerprint density at radius 1 is 1.44 bits per heavy atom. The maximum Gasteiger partial charge on any atom is 0.232 e. The first kappa shape index (κ1) is 11.6. The van der Waals surface area contributed by atoms with Crippen LogP contribution >= 0.6 is 11.6 Å². The van der Waals surface area contributed by atoms with Crippen molar-refractivity contribution in [3.8, 4) is 5.88 Å². The van der Waals surface area contributed by atoms with E-state index in [1.54, 1.807) is 12.4 Å². The van der Waals surface area contributed by atoms with E-state index in [4.69, 9.17) is 16.3 Å². The van der Waals surface area contributed by atoms with Gasteiger partial charge in [-0.15, -0.1) is 11.6 Å². The molecule has 0 bridgehead atoms. The molecule has 2 rings (SSSR count). The topological polar surface area (TPSA) is 35.0 Å². The highest BCUT2D eigenvalue weighted by Gasteiger charge is 2.20. The molecule has 2 atom stereocenters. The van der Waals surface area contributed by atoms with Gasteiger partial charge in [0.2, 0.25) is 5.88 Å². The molecule has 16 heavy (non-hydrogen) atoms. The van der Waals surface area contributed by atoms with Gasteiger partial charge in [-0.05, 0) is 25.2 Å². The third-order valence-electron chi connectivity index (χ3n) is 2.97. The number of ether oxygens (including phenoxy) is 1. The first-order valence-electron chi connectivity index (χ1n) is 5.81. The van der Waals surface area contributed by atoms with Gasteiger partial charge in [0.25, 0.3) is 0 Å². The minimum Gasteiger partial charge on any atom is -0.473 e. The summed E-state index contributed by atoms with van der Waals surface area (Å²) in [5.74, 6) is 1.74. The number of nitrogens with zero attached hydrogens (tertiary/aromatic N) is 2. The molecule has 1 fully saturated rings. The van der Waals surface area contributed by atoms with Crippen LogP contribution in [0.1, 0.15) is 38.3 Å². The summed E-state index contributed by atoms with van der Waals surface area (Å²) in [6.07, 6.45) is 8.42. The van der Waals surface area contributed by atoms with Crippen LogP contribution in [0.15, 0.2) is 12.4 Å². The van der Waals surface area contributed by atoms with Crippen molar-refractivity contribution >= 4 is 11.6 Å². The van der Waals surface area contributed by atoms with Crippen molar-refractivity contribution in [2.45, 2.75) is 44.6 Å². The van der Waals surface area contributed by atoms with E-state index in [1.807, 2.05) is 0 Å². The smallest absolute Gasteiger partial charge is 0.232 e. The van der Waals surface area contributed by atoms with Gasteiger partial charge in [-0.1, -0.05) is 13.3 Å². The number of aromatic nitrogens is 2. The van der Waals surface area contributed by atoms with E-state index in [0.29, 0.717) is 17.9 Å². The maximum absolute atomic E-state index is 5.84. The molecule has 1 aliphatic rings. The Morgan fingerprint density at radius 2 is 2.31 bits per heavy atom. The summed E-state index contributed by atoms with van der Waals surface area (Å²) in [6.45, 7) is 2.27. The highest BCUT2D eigenvalue weighted by molar-refractivity contribution is 6.16. The number of alkyl halides is 1. The first-order chi connectivity index (χ1) is 7.78. The molecule has 1 aromatic heterocycles. The molecule has 1 aliphatic carbocycles. The predicted octanol–water partition coefficient (Wildman–Crippen LogP) is 3.17. The lowest BCUT2D eigenvalue weighted by Crippen LogP contribution is -2.24. The summed E-state index contributed by atoms with van der Waals surface area (Å²) < 4.78 is 5.84. The van der Waals surface area contributed by atoms with Gasteiger partial charge in [0.05, 0.1) is 17.8 Å². The zero-order valence-corrected chi connectivity index (χ0v) is 10.3. The van der Waals surface area contributed by atoms with Gasteiger partial charge in [-0.25, -0.2) is 4.98 Å². The van der Waals surface area contributed by atoms with Crippen molar-refractivity contribution < 1.29 is 4.74 Å². The fourth-order valence-corrected chi connectivity index (χ4v) is 2.29. The molecule has 2 unspecified atom stereocenters. The van der Waals surface area contributed by atoms with Gasteiger partial charge >= 0.3 is 0 Å². The van der Waals surface area contributed by atoms with Crippen molar-refractivity contribution in [3.05, 3.63) is 18.1 Å². The van der Waals surface area contributed by atoms with Crippen molar-refractivity contribution in [1.82, 2.24) is 9.97 Å². The van der Waals surface area contributed by atoms with E-state index in [-0.39, 0.29) is 0 Å². The van der Waals surface area contributed by atoms with Crippen LogP contribution in [0.2, 0.25) is 0 Å². The lowest BCUT2D eigenvalue weighted by atomic mass is 9.89. The molecular formula is C12H17ClN2O. The fourth-order valence-electron chi connectivity index (χ4n) is 2.16. The van der Waals surface area contributed by atoms with Crippen LogP contribution in [0, 0.1) is 5.92 Å². The molecule has 0 spiro atoms. The van der Waals surface area contributed by atoms with Crippen LogP contribution in [0.5, 0.6) is 5.88 Å². The molecule has 3 nitrogen and oxygen atoms in total. The second kappa shape index (κ2) is 5.48. The SMILES string of the molecule is CC1CCCC(Oc2cncc(CCl)n2)C1. The molecule has 0 N–H and O–H groups in total. The second-order valence-corrected chi connectivity index (χ2v) is 4.76. The van der Waals surface area contributed by atoms with Gasteiger partial charge in [-0.2, -0.15) is 0 Å². The first-order valence-corrected chi connectivity index (χ1v) is 6.35. The Labute approximate surface area is 101 Å². The fraction of sp³-hybridized carbons (Fsp3) is 0.667. The Bertz CT molecular complexity index is 346. The lowest BCUT2D eigenvalue weighted by Gasteiger charge is -2.26. The van der Waals surface area contributed by atoms with Gasteiger partial charge in [-0.3, -0.25) is 4.98 Å². The van der Waals surface area contributed by atoms with Gasteiger partial charge < -0.3 is 4.74 Å². The minimum atomic E-state index is 0.295. The van der Waals surface area contributed by atoms with Crippen molar-refractivity contribution in [2.24, 2.45) is 5.92 Å². The van der Waals surface area contributed by atoms with Crippen LogP contribution in [-0.2, 0) is 5.88 Å². The zero-order chi connectivity index (χ0) is 11.4. The third kappa shape index (κ3) is 3.08. The van der Waals surface area contributed by atoms with Crippen molar-refractivity contribution in [2.75, 3.05) is 0 Å².